The van der Waals surface area contributed by atoms with Gasteiger partial charge in [-0.3, -0.25) is 4.98 Å². The summed E-state index contributed by atoms with van der Waals surface area (Å²) in [4.78, 5) is 18.2. The second-order valence-corrected chi connectivity index (χ2v) is 9.01. The van der Waals surface area contributed by atoms with Gasteiger partial charge in [-0.25, -0.2) is 4.79 Å². The van der Waals surface area contributed by atoms with Gasteiger partial charge < -0.3 is 25.2 Å². The number of aromatic nitrogens is 2. The summed E-state index contributed by atoms with van der Waals surface area (Å²) in [6, 6.07) is 26.9. The number of thiocarbonyl (C=S) groups is 1. The van der Waals surface area contributed by atoms with Gasteiger partial charge in [0.15, 0.2) is 5.11 Å². The molecule has 2 aromatic carbocycles. The first-order valence-electron chi connectivity index (χ1n) is 11.9. The molecule has 0 amide bonds. The van der Waals surface area contributed by atoms with Gasteiger partial charge in [0, 0.05) is 42.6 Å². The highest BCUT2D eigenvalue weighted by Crippen LogP contribution is 2.39. The third kappa shape index (κ3) is 4.94. The number of pyridine rings is 1. The van der Waals surface area contributed by atoms with Crippen molar-refractivity contribution < 1.29 is 9.90 Å². The molecule has 7 nitrogen and oxygen atoms in total. The summed E-state index contributed by atoms with van der Waals surface area (Å²) < 4.78 is 2.09. The van der Waals surface area contributed by atoms with Gasteiger partial charge in [-0.15, -0.1) is 0 Å². The predicted molar refractivity (Wildman–Crippen MR) is 144 cm³/mol. The highest BCUT2D eigenvalue weighted by molar-refractivity contribution is 7.80. The Balaban J connectivity index is 1.42. The Labute approximate surface area is 215 Å². The molecule has 2 aromatic heterocycles. The molecule has 0 unspecified atom stereocenters. The number of carboxylic acids is 1. The molecule has 0 spiro atoms. The molecule has 182 valence electrons. The fraction of sp³-hybridized carbons (Fsp3) is 0.179. The Hall–Kier alpha value is -4.17. The van der Waals surface area contributed by atoms with Crippen molar-refractivity contribution >= 4 is 29.0 Å². The van der Waals surface area contributed by atoms with Crippen LogP contribution in [0.4, 0.5) is 5.69 Å². The molecule has 0 aliphatic carbocycles. The lowest BCUT2D eigenvalue weighted by Gasteiger charge is -2.29. The van der Waals surface area contributed by atoms with E-state index in [1.54, 1.807) is 18.3 Å². The number of para-hydroxylation sites is 1. The highest BCUT2D eigenvalue weighted by atomic mass is 32.1. The van der Waals surface area contributed by atoms with Gasteiger partial charge in [0.05, 0.1) is 23.3 Å². The summed E-state index contributed by atoms with van der Waals surface area (Å²) in [5.41, 5.74) is 4.22. The Morgan fingerprint density at radius 1 is 1.00 bits per heavy atom. The number of anilines is 1. The normalized spacial score (nSPS) is 17.1. The molecule has 2 atom stereocenters. The van der Waals surface area contributed by atoms with Crippen LogP contribution in [0.1, 0.15) is 40.3 Å². The Morgan fingerprint density at radius 3 is 2.50 bits per heavy atom. The lowest BCUT2D eigenvalue weighted by atomic mass is 10.0. The van der Waals surface area contributed by atoms with E-state index in [9.17, 15) is 9.90 Å². The van der Waals surface area contributed by atoms with Gasteiger partial charge in [0.1, 0.15) is 0 Å². The number of nitrogens with one attached hydrogen (secondary N) is 2. The number of rotatable bonds is 9. The third-order valence-electron chi connectivity index (χ3n) is 6.35. The van der Waals surface area contributed by atoms with E-state index in [1.165, 1.54) is 0 Å². The number of hydrogen-bond acceptors (Lipinski definition) is 4. The van der Waals surface area contributed by atoms with Crippen molar-refractivity contribution in [2.75, 3.05) is 18.4 Å². The second kappa shape index (κ2) is 10.6. The summed E-state index contributed by atoms with van der Waals surface area (Å²) in [6.07, 6.45) is 4.69. The van der Waals surface area contributed by atoms with Gasteiger partial charge in [-0.2, -0.15) is 0 Å². The van der Waals surface area contributed by atoms with E-state index in [1.807, 2.05) is 60.8 Å². The molecule has 1 aliphatic heterocycles. The van der Waals surface area contributed by atoms with Crippen LogP contribution >= 0.6 is 12.2 Å². The second-order valence-electron chi connectivity index (χ2n) is 8.62. The van der Waals surface area contributed by atoms with Crippen LogP contribution in [0.3, 0.4) is 0 Å². The molecular formula is C28H27N5O2S. The summed E-state index contributed by atoms with van der Waals surface area (Å²) in [7, 11) is 0. The molecule has 0 bridgehead atoms. The van der Waals surface area contributed by atoms with Crippen LogP contribution in [-0.2, 0) is 0 Å². The van der Waals surface area contributed by atoms with Crippen LogP contribution in [0.25, 0.3) is 5.69 Å². The first-order valence-corrected chi connectivity index (χ1v) is 12.3. The average molecular weight is 498 g/mol. The number of hydrogen-bond donors (Lipinski definition) is 3. The Morgan fingerprint density at radius 2 is 1.78 bits per heavy atom. The van der Waals surface area contributed by atoms with Crippen LogP contribution in [-0.4, -0.2) is 43.7 Å². The number of aromatic carboxylic acids is 1. The van der Waals surface area contributed by atoms with E-state index < -0.39 is 5.97 Å². The highest BCUT2D eigenvalue weighted by Gasteiger charge is 2.40. The summed E-state index contributed by atoms with van der Waals surface area (Å²) in [6.45, 7) is 1.59. The maximum absolute atomic E-state index is 11.3. The first-order chi connectivity index (χ1) is 17.6. The summed E-state index contributed by atoms with van der Waals surface area (Å²) >= 11 is 5.81. The molecule has 4 aromatic rings. The lowest BCUT2D eigenvalue weighted by Crippen LogP contribution is -2.32. The maximum atomic E-state index is 11.3. The lowest BCUT2D eigenvalue weighted by molar-refractivity contribution is 0.0697. The average Bonchev–Trinajstić information content (AvgIpc) is 3.52. The van der Waals surface area contributed by atoms with Gasteiger partial charge >= 0.3 is 5.97 Å². The molecule has 1 aliphatic rings. The molecule has 5 rings (SSSR count). The van der Waals surface area contributed by atoms with E-state index >= 15 is 0 Å². The standard InChI is InChI=1S/C28H27N5O2S/c34-27(35)20-12-14-22(15-13-20)32-18-6-11-24(32)26-25(23-10-4-5-16-30-23)31-28(36)33(26)19-7-17-29-21-8-2-1-3-9-21/h1-6,8-16,18,25-26,29H,7,17,19H2,(H,31,36)(H,34,35)/t25-,26-/m0/s1. The van der Waals surface area contributed by atoms with Gasteiger partial charge in [-0.05, 0) is 79.3 Å². The Bertz CT molecular complexity index is 1330. The van der Waals surface area contributed by atoms with Crippen molar-refractivity contribution in [2.45, 2.75) is 18.5 Å². The molecule has 1 saturated heterocycles. The van der Waals surface area contributed by atoms with E-state index in [0.29, 0.717) is 5.11 Å². The zero-order valence-electron chi connectivity index (χ0n) is 19.6. The number of nitrogens with zero attached hydrogens (tertiary/aromatic N) is 3. The minimum atomic E-state index is -0.940. The minimum Gasteiger partial charge on any atom is -0.478 e. The number of benzene rings is 2. The van der Waals surface area contributed by atoms with Crippen molar-refractivity contribution in [3.05, 3.63) is 114 Å². The van der Waals surface area contributed by atoms with E-state index in [2.05, 4.69) is 43.3 Å². The molecule has 0 radical (unpaired) electrons. The molecule has 36 heavy (non-hydrogen) atoms. The van der Waals surface area contributed by atoms with Gasteiger partial charge in [0.2, 0.25) is 0 Å². The zero-order chi connectivity index (χ0) is 24.9. The predicted octanol–water partition coefficient (Wildman–Crippen LogP) is 5.05. The largest absolute Gasteiger partial charge is 0.478 e. The smallest absolute Gasteiger partial charge is 0.335 e. The quantitative estimate of drug-likeness (QED) is 0.221. The molecule has 3 heterocycles. The third-order valence-corrected chi connectivity index (χ3v) is 6.70. The zero-order valence-corrected chi connectivity index (χ0v) is 20.4. The van der Waals surface area contributed by atoms with Gasteiger partial charge in [0.25, 0.3) is 0 Å². The van der Waals surface area contributed by atoms with E-state index in [4.69, 9.17) is 12.2 Å². The summed E-state index contributed by atoms with van der Waals surface area (Å²) in [5, 5.41) is 17.0. The van der Waals surface area contributed by atoms with Crippen LogP contribution in [0.15, 0.2) is 97.3 Å². The van der Waals surface area contributed by atoms with Crippen molar-refractivity contribution in [3.63, 3.8) is 0 Å². The van der Waals surface area contributed by atoms with Crippen LogP contribution in [0.2, 0.25) is 0 Å². The summed E-state index contributed by atoms with van der Waals surface area (Å²) in [5.74, 6) is -0.940. The minimum absolute atomic E-state index is 0.0849. The monoisotopic (exact) mass is 497 g/mol. The van der Waals surface area contributed by atoms with Gasteiger partial charge in [-0.1, -0.05) is 24.3 Å². The van der Waals surface area contributed by atoms with Crippen LogP contribution < -0.4 is 10.6 Å². The van der Waals surface area contributed by atoms with Crippen molar-refractivity contribution in [1.29, 1.82) is 0 Å². The van der Waals surface area contributed by atoms with E-state index in [-0.39, 0.29) is 17.6 Å². The van der Waals surface area contributed by atoms with Crippen LogP contribution in [0.5, 0.6) is 0 Å². The maximum Gasteiger partial charge on any atom is 0.335 e. The molecule has 0 saturated carbocycles. The first kappa shape index (κ1) is 23.6. The fourth-order valence-corrected chi connectivity index (χ4v) is 4.97. The molecular weight excluding hydrogens is 470 g/mol. The fourth-order valence-electron chi connectivity index (χ4n) is 4.64. The number of carboxylic acid groups (broad SMARTS) is 1. The molecule has 8 heteroatoms. The topological polar surface area (TPSA) is 82.4 Å². The van der Waals surface area contributed by atoms with Crippen LogP contribution in [0, 0.1) is 0 Å². The van der Waals surface area contributed by atoms with Crippen molar-refractivity contribution in [3.8, 4) is 5.69 Å². The molecule has 1 fully saturated rings. The SMILES string of the molecule is O=C(O)c1ccc(-n2cccc2[C@H]2[C@H](c3ccccn3)NC(=S)N2CCCNc2ccccc2)cc1. The Kier molecular flexibility index (Phi) is 6.95. The number of carbonyl (C=O) groups is 1. The molecule has 3 N–H and O–H groups in total. The van der Waals surface area contributed by atoms with Crippen molar-refractivity contribution in [1.82, 2.24) is 19.8 Å². The van der Waals surface area contributed by atoms with Crippen molar-refractivity contribution in [2.24, 2.45) is 0 Å². The van der Waals surface area contributed by atoms with E-state index in [0.717, 1.165) is 42.3 Å².